The van der Waals surface area contributed by atoms with Gasteiger partial charge in [-0.25, -0.2) is 9.97 Å². The summed E-state index contributed by atoms with van der Waals surface area (Å²) >= 11 is 7.01. The number of nitrogens with one attached hydrogen (secondary N) is 1. The molecule has 3 rings (SSSR count). The van der Waals surface area contributed by atoms with Gasteiger partial charge in [-0.15, -0.1) is 22.9 Å². The molecular formula is C19H19ClN4O2S. The summed E-state index contributed by atoms with van der Waals surface area (Å²) in [4.78, 5) is 20.7. The van der Waals surface area contributed by atoms with E-state index in [-0.39, 0.29) is 12.3 Å². The number of amides is 1. The molecule has 0 saturated carbocycles. The summed E-state index contributed by atoms with van der Waals surface area (Å²) in [5.74, 6) is 1.59. The number of rotatable bonds is 8. The molecule has 8 heteroatoms. The highest BCUT2D eigenvalue weighted by Gasteiger charge is 2.10. The molecule has 27 heavy (non-hydrogen) atoms. The summed E-state index contributed by atoms with van der Waals surface area (Å²) in [6.45, 7) is 0.556. The van der Waals surface area contributed by atoms with Crippen LogP contribution in [0, 0.1) is 0 Å². The minimum Gasteiger partial charge on any atom is -0.494 e. The molecule has 1 amide bonds. The molecule has 0 fully saturated rings. The SMILES string of the molecule is Nc1cc(-c2csc(NC(=O)Cc3cccc(OCCCCl)c3)n2)ccn1. The van der Waals surface area contributed by atoms with Crippen LogP contribution in [0.5, 0.6) is 5.75 Å². The van der Waals surface area contributed by atoms with E-state index >= 15 is 0 Å². The Morgan fingerprint density at radius 2 is 2.19 bits per heavy atom. The van der Waals surface area contributed by atoms with Crippen molar-refractivity contribution in [1.29, 1.82) is 0 Å². The van der Waals surface area contributed by atoms with Crippen molar-refractivity contribution < 1.29 is 9.53 Å². The van der Waals surface area contributed by atoms with E-state index in [0.29, 0.717) is 23.4 Å². The van der Waals surface area contributed by atoms with E-state index in [4.69, 9.17) is 22.1 Å². The normalized spacial score (nSPS) is 10.6. The number of thiazole rings is 1. The lowest BCUT2D eigenvalue weighted by Crippen LogP contribution is -2.14. The standard InChI is InChI=1S/C19H19ClN4O2S/c20-6-2-8-26-15-4-1-3-13(9-15)10-18(25)24-19-23-16(12-27-19)14-5-7-22-17(21)11-14/h1,3-5,7,9,11-12H,2,6,8,10H2,(H2,21,22)(H,23,24,25). The van der Waals surface area contributed by atoms with E-state index in [0.717, 1.165) is 29.0 Å². The number of hydrogen-bond acceptors (Lipinski definition) is 6. The number of benzene rings is 1. The predicted molar refractivity (Wildman–Crippen MR) is 109 cm³/mol. The van der Waals surface area contributed by atoms with Crippen LogP contribution in [-0.2, 0) is 11.2 Å². The lowest BCUT2D eigenvalue weighted by atomic mass is 10.1. The van der Waals surface area contributed by atoms with Crippen molar-refractivity contribution >= 4 is 39.8 Å². The molecular weight excluding hydrogens is 384 g/mol. The average Bonchev–Trinajstić information content (AvgIpc) is 3.10. The van der Waals surface area contributed by atoms with Crippen molar-refractivity contribution in [2.45, 2.75) is 12.8 Å². The molecule has 0 spiro atoms. The van der Waals surface area contributed by atoms with Crippen molar-refractivity contribution in [2.75, 3.05) is 23.5 Å². The molecule has 0 atom stereocenters. The van der Waals surface area contributed by atoms with Gasteiger partial charge in [-0.1, -0.05) is 12.1 Å². The lowest BCUT2D eigenvalue weighted by molar-refractivity contribution is -0.115. The number of pyridine rings is 1. The second-order valence-electron chi connectivity index (χ2n) is 5.77. The van der Waals surface area contributed by atoms with Crippen molar-refractivity contribution in [3.63, 3.8) is 0 Å². The number of nitrogens with two attached hydrogens (primary N) is 1. The lowest BCUT2D eigenvalue weighted by Gasteiger charge is -2.07. The smallest absolute Gasteiger partial charge is 0.230 e. The molecule has 0 unspecified atom stereocenters. The van der Waals surface area contributed by atoms with Crippen molar-refractivity contribution in [3.05, 3.63) is 53.5 Å². The number of halogens is 1. The predicted octanol–water partition coefficient (Wildman–Crippen LogP) is 3.98. The van der Waals surface area contributed by atoms with Crippen LogP contribution < -0.4 is 15.8 Å². The van der Waals surface area contributed by atoms with Crippen LogP contribution in [-0.4, -0.2) is 28.4 Å². The monoisotopic (exact) mass is 402 g/mol. The van der Waals surface area contributed by atoms with Gasteiger partial charge in [-0.3, -0.25) is 4.79 Å². The number of nitrogen functional groups attached to an aromatic ring is 1. The summed E-state index contributed by atoms with van der Waals surface area (Å²) < 4.78 is 5.61. The zero-order valence-electron chi connectivity index (χ0n) is 14.5. The highest BCUT2D eigenvalue weighted by Crippen LogP contribution is 2.25. The Kier molecular flexibility index (Phi) is 6.62. The molecule has 140 valence electrons. The summed E-state index contributed by atoms with van der Waals surface area (Å²) in [5.41, 5.74) is 8.18. The molecule has 0 aliphatic carbocycles. The van der Waals surface area contributed by atoms with Crippen molar-refractivity contribution in [3.8, 4) is 17.0 Å². The van der Waals surface area contributed by atoms with E-state index in [1.165, 1.54) is 11.3 Å². The van der Waals surface area contributed by atoms with Crippen LogP contribution >= 0.6 is 22.9 Å². The molecule has 6 nitrogen and oxygen atoms in total. The fraction of sp³-hybridized carbons (Fsp3) is 0.211. The minimum atomic E-state index is -0.136. The quantitative estimate of drug-likeness (QED) is 0.439. The first-order valence-electron chi connectivity index (χ1n) is 8.39. The fourth-order valence-corrected chi connectivity index (χ4v) is 3.26. The molecule has 1 aromatic carbocycles. The maximum Gasteiger partial charge on any atom is 0.230 e. The van der Waals surface area contributed by atoms with Crippen molar-refractivity contribution in [1.82, 2.24) is 9.97 Å². The number of alkyl halides is 1. The third-order valence-corrected chi connectivity index (χ3v) is 4.66. The first-order chi connectivity index (χ1) is 13.1. The number of carbonyl (C=O) groups excluding carboxylic acids is 1. The van der Waals surface area contributed by atoms with Gasteiger partial charge in [0.1, 0.15) is 11.6 Å². The maximum atomic E-state index is 12.3. The Balaban J connectivity index is 1.59. The highest BCUT2D eigenvalue weighted by atomic mass is 35.5. The van der Waals surface area contributed by atoms with Crippen LogP contribution in [0.15, 0.2) is 48.0 Å². The third kappa shape index (κ3) is 5.67. The number of hydrogen-bond donors (Lipinski definition) is 2. The summed E-state index contributed by atoms with van der Waals surface area (Å²) in [7, 11) is 0. The molecule has 2 aromatic heterocycles. The number of aromatic nitrogens is 2. The van der Waals surface area contributed by atoms with Gasteiger partial charge < -0.3 is 15.8 Å². The van der Waals surface area contributed by atoms with E-state index in [1.54, 1.807) is 12.3 Å². The molecule has 0 radical (unpaired) electrons. The number of nitrogens with zero attached hydrogens (tertiary/aromatic N) is 2. The largest absolute Gasteiger partial charge is 0.494 e. The second-order valence-corrected chi connectivity index (χ2v) is 7.01. The van der Waals surface area contributed by atoms with Gasteiger partial charge in [-0.05, 0) is 36.2 Å². The van der Waals surface area contributed by atoms with Gasteiger partial charge in [0.05, 0.1) is 18.7 Å². The molecule has 2 heterocycles. The van der Waals surface area contributed by atoms with Gasteiger partial charge in [0.15, 0.2) is 5.13 Å². The van der Waals surface area contributed by atoms with E-state index in [9.17, 15) is 4.79 Å². The topological polar surface area (TPSA) is 90.1 Å². The van der Waals surface area contributed by atoms with Gasteiger partial charge in [0.25, 0.3) is 0 Å². The second kappa shape index (κ2) is 9.34. The van der Waals surface area contributed by atoms with Crippen LogP contribution in [0.3, 0.4) is 0 Å². The average molecular weight is 403 g/mol. The first-order valence-corrected chi connectivity index (χ1v) is 9.80. The fourth-order valence-electron chi connectivity index (χ4n) is 2.41. The Morgan fingerprint density at radius 1 is 1.30 bits per heavy atom. The third-order valence-electron chi connectivity index (χ3n) is 3.64. The Labute approximate surface area is 166 Å². The van der Waals surface area contributed by atoms with Gasteiger partial charge >= 0.3 is 0 Å². The van der Waals surface area contributed by atoms with Crippen LogP contribution in [0.4, 0.5) is 10.9 Å². The first kappa shape index (κ1) is 19.1. The zero-order chi connectivity index (χ0) is 19.1. The molecule has 3 N–H and O–H groups in total. The number of ether oxygens (including phenoxy) is 1. The Morgan fingerprint density at radius 3 is 3.00 bits per heavy atom. The zero-order valence-corrected chi connectivity index (χ0v) is 16.1. The van der Waals surface area contributed by atoms with Crippen LogP contribution in [0.25, 0.3) is 11.3 Å². The van der Waals surface area contributed by atoms with Gasteiger partial charge in [-0.2, -0.15) is 0 Å². The van der Waals surface area contributed by atoms with E-state index < -0.39 is 0 Å². The van der Waals surface area contributed by atoms with Crippen LogP contribution in [0.2, 0.25) is 0 Å². The Hall–Kier alpha value is -2.64. The van der Waals surface area contributed by atoms with E-state index in [1.807, 2.05) is 35.7 Å². The maximum absolute atomic E-state index is 12.3. The summed E-state index contributed by atoms with van der Waals surface area (Å²) in [6.07, 6.45) is 2.65. The summed E-state index contributed by atoms with van der Waals surface area (Å²) in [5, 5.41) is 5.24. The summed E-state index contributed by atoms with van der Waals surface area (Å²) in [6, 6.07) is 11.1. The van der Waals surface area contributed by atoms with Crippen LogP contribution in [0.1, 0.15) is 12.0 Å². The molecule has 3 aromatic rings. The van der Waals surface area contributed by atoms with E-state index in [2.05, 4.69) is 15.3 Å². The molecule has 0 saturated heterocycles. The molecule has 0 bridgehead atoms. The molecule has 0 aliphatic heterocycles. The molecule has 0 aliphatic rings. The number of anilines is 2. The van der Waals surface area contributed by atoms with Crippen molar-refractivity contribution in [2.24, 2.45) is 0 Å². The van der Waals surface area contributed by atoms with Gasteiger partial charge in [0.2, 0.25) is 5.91 Å². The minimum absolute atomic E-state index is 0.136. The Bertz CT molecular complexity index is 916. The highest BCUT2D eigenvalue weighted by molar-refractivity contribution is 7.14. The number of carbonyl (C=O) groups is 1. The van der Waals surface area contributed by atoms with Gasteiger partial charge in [0, 0.05) is 23.0 Å².